The lowest BCUT2D eigenvalue weighted by atomic mass is 9.92. The second kappa shape index (κ2) is 6.23. The molecule has 0 spiro atoms. The van der Waals surface area contributed by atoms with Crippen LogP contribution in [0.4, 0.5) is 0 Å². The molecule has 1 aliphatic carbocycles. The SMILES string of the molecule is Cc1cc(C(C)C(O)/C=C/[C@H]2CCC(=O)C2)ccc1O. The van der Waals surface area contributed by atoms with E-state index in [9.17, 15) is 15.0 Å². The van der Waals surface area contributed by atoms with Crippen LogP contribution in [0.1, 0.15) is 43.2 Å². The molecule has 0 radical (unpaired) electrons. The maximum absolute atomic E-state index is 11.2. The number of allylic oxidation sites excluding steroid dienone is 1. The van der Waals surface area contributed by atoms with Gasteiger partial charge in [0.15, 0.2) is 0 Å². The van der Waals surface area contributed by atoms with Gasteiger partial charge in [0.2, 0.25) is 0 Å². The number of aliphatic hydroxyl groups excluding tert-OH is 1. The van der Waals surface area contributed by atoms with Gasteiger partial charge < -0.3 is 10.2 Å². The number of benzene rings is 1. The maximum Gasteiger partial charge on any atom is 0.133 e. The van der Waals surface area contributed by atoms with E-state index in [2.05, 4.69) is 0 Å². The molecule has 0 amide bonds. The lowest BCUT2D eigenvalue weighted by molar-refractivity contribution is -0.117. The molecule has 2 N–H and O–H groups in total. The van der Waals surface area contributed by atoms with Crippen LogP contribution in [0, 0.1) is 12.8 Å². The molecule has 0 aliphatic heterocycles. The highest BCUT2D eigenvalue weighted by Gasteiger charge is 2.20. The average Bonchev–Trinajstić information content (AvgIpc) is 2.84. The molecule has 0 heterocycles. The molecule has 0 aromatic heterocycles. The van der Waals surface area contributed by atoms with Gasteiger partial charge in [-0.3, -0.25) is 4.79 Å². The van der Waals surface area contributed by atoms with E-state index in [1.165, 1.54) is 0 Å². The third-order valence-corrected chi connectivity index (χ3v) is 4.12. The van der Waals surface area contributed by atoms with Gasteiger partial charge in [-0.2, -0.15) is 0 Å². The van der Waals surface area contributed by atoms with E-state index in [4.69, 9.17) is 0 Å². The molecule has 1 aromatic carbocycles. The highest BCUT2D eigenvalue weighted by molar-refractivity contribution is 5.80. The Hall–Kier alpha value is -1.61. The fraction of sp³-hybridized carbons (Fsp3) is 0.471. The number of Topliss-reactive ketones (excluding diaryl/α,β-unsaturated/α-hetero) is 1. The molecule has 1 aliphatic rings. The fourth-order valence-corrected chi connectivity index (χ4v) is 2.60. The van der Waals surface area contributed by atoms with E-state index < -0.39 is 6.10 Å². The van der Waals surface area contributed by atoms with Crippen LogP contribution in [0.5, 0.6) is 5.75 Å². The number of hydrogen-bond donors (Lipinski definition) is 2. The normalized spacial score (nSPS) is 22.4. The number of aromatic hydroxyl groups is 1. The molecule has 0 saturated heterocycles. The first-order valence-corrected chi connectivity index (χ1v) is 7.15. The summed E-state index contributed by atoms with van der Waals surface area (Å²) in [7, 11) is 0. The van der Waals surface area contributed by atoms with E-state index in [-0.39, 0.29) is 17.6 Å². The molecule has 0 bridgehead atoms. The van der Waals surface area contributed by atoms with Crippen molar-refractivity contribution in [3.8, 4) is 5.75 Å². The zero-order chi connectivity index (χ0) is 14.7. The molecule has 108 valence electrons. The summed E-state index contributed by atoms with van der Waals surface area (Å²) in [6, 6.07) is 5.40. The summed E-state index contributed by atoms with van der Waals surface area (Å²) in [4.78, 5) is 11.2. The standard InChI is InChI=1S/C17H22O3/c1-11-9-14(5-8-16(11)19)12(2)17(20)7-4-13-3-6-15(18)10-13/h4-5,7-9,12-13,17,19-20H,3,6,10H2,1-2H3/b7-4+/t12?,13-,17?/m1/s1. The van der Waals surface area contributed by atoms with Crippen LogP contribution in [0.15, 0.2) is 30.4 Å². The molecule has 2 unspecified atom stereocenters. The van der Waals surface area contributed by atoms with Crippen LogP contribution in [0.3, 0.4) is 0 Å². The number of aliphatic hydroxyl groups is 1. The van der Waals surface area contributed by atoms with Gasteiger partial charge in [0.1, 0.15) is 11.5 Å². The number of phenols is 1. The van der Waals surface area contributed by atoms with Crippen molar-refractivity contribution in [2.75, 3.05) is 0 Å². The number of rotatable bonds is 4. The van der Waals surface area contributed by atoms with Gasteiger partial charge in [-0.25, -0.2) is 0 Å². The van der Waals surface area contributed by atoms with Gasteiger partial charge in [0.25, 0.3) is 0 Å². The Morgan fingerprint density at radius 3 is 2.75 bits per heavy atom. The van der Waals surface area contributed by atoms with Gasteiger partial charge in [-0.05, 0) is 36.5 Å². The van der Waals surface area contributed by atoms with Crippen molar-refractivity contribution in [2.45, 2.75) is 45.1 Å². The summed E-state index contributed by atoms with van der Waals surface area (Å²) >= 11 is 0. The average molecular weight is 274 g/mol. The quantitative estimate of drug-likeness (QED) is 0.829. The van der Waals surface area contributed by atoms with Crippen molar-refractivity contribution in [2.24, 2.45) is 5.92 Å². The van der Waals surface area contributed by atoms with Gasteiger partial charge in [-0.1, -0.05) is 31.2 Å². The van der Waals surface area contributed by atoms with Gasteiger partial charge in [-0.15, -0.1) is 0 Å². The van der Waals surface area contributed by atoms with E-state index in [0.29, 0.717) is 18.6 Å². The highest BCUT2D eigenvalue weighted by Crippen LogP contribution is 2.27. The van der Waals surface area contributed by atoms with Crippen LogP contribution >= 0.6 is 0 Å². The number of hydrogen-bond acceptors (Lipinski definition) is 3. The monoisotopic (exact) mass is 274 g/mol. The largest absolute Gasteiger partial charge is 0.508 e. The molecule has 3 atom stereocenters. The summed E-state index contributed by atoms with van der Waals surface area (Å²) in [6.45, 7) is 3.80. The second-order valence-corrected chi connectivity index (χ2v) is 5.75. The Bertz CT molecular complexity index is 519. The Labute approximate surface area is 120 Å². The van der Waals surface area contributed by atoms with Gasteiger partial charge >= 0.3 is 0 Å². The van der Waals surface area contributed by atoms with E-state index in [0.717, 1.165) is 17.5 Å². The molecular weight excluding hydrogens is 252 g/mol. The van der Waals surface area contributed by atoms with Crippen molar-refractivity contribution < 1.29 is 15.0 Å². The lowest BCUT2D eigenvalue weighted by Crippen LogP contribution is -2.13. The smallest absolute Gasteiger partial charge is 0.133 e. The van der Waals surface area contributed by atoms with Crippen molar-refractivity contribution in [3.63, 3.8) is 0 Å². The molecule has 20 heavy (non-hydrogen) atoms. The first-order chi connectivity index (χ1) is 9.47. The van der Waals surface area contributed by atoms with Crippen LogP contribution in [0.25, 0.3) is 0 Å². The van der Waals surface area contributed by atoms with Crippen LogP contribution in [0.2, 0.25) is 0 Å². The Kier molecular flexibility index (Phi) is 4.61. The zero-order valence-electron chi connectivity index (χ0n) is 12.0. The summed E-state index contributed by atoms with van der Waals surface area (Å²) in [5.74, 6) is 0.834. The molecular formula is C17H22O3. The van der Waals surface area contributed by atoms with Gasteiger partial charge in [0, 0.05) is 18.8 Å². The number of carbonyl (C=O) groups excluding carboxylic acids is 1. The van der Waals surface area contributed by atoms with Crippen LogP contribution < -0.4 is 0 Å². The van der Waals surface area contributed by atoms with Gasteiger partial charge in [0.05, 0.1) is 6.10 Å². The first kappa shape index (κ1) is 14.8. The molecule has 1 saturated carbocycles. The Morgan fingerprint density at radius 2 is 2.15 bits per heavy atom. The summed E-state index contributed by atoms with van der Waals surface area (Å²) < 4.78 is 0. The number of carbonyl (C=O) groups is 1. The van der Waals surface area contributed by atoms with Crippen LogP contribution in [-0.4, -0.2) is 22.1 Å². The van der Waals surface area contributed by atoms with E-state index in [1.807, 2.05) is 32.1 Å². The summed E-state index contributed by atoms with van der Waals surface area (Å²) in [5, 5.41) is 19.8. The third kappa shape index (κ3) is 3.48. The Balaban J connectivity index is 2.00. The summed E-state index contributed by atoms with van der Waals surface area (Å²) in [6.07, 6.45) is 5.37. The molecule has 3 heteroatoms. The molecule has 1 aromatic rings. The van der Waals surface area contributed by atoms with Crippen molar-refractivity contribution >= 4 is 5.78 Å². The van der Waals surface area contributed by atoms with Crippen LogP contribution in [-0.2, 0) is 4.79 Å². The minimum atomic E-state index is -0.574. The second-order valence-electron chi connectivity index (χ2n) is 5.75. The third-order valence-electron chi connectivity index (χ3n) is 4.12. The number of phenolic OH excluding ortho intramolecular Hbond substituents is 1. The minimum Gasteiger partial charge on any atom is -0.508 e. The molecule has 3 nitrogen and oxygen atoms in total. The first-order valence-electron chi connectivity index (χ1n) is 7.15. The fourth-order valence-electron chi connectivity index (χ4n) is 2.60. The summed E-state index contributed by atoms with van der Waals surface area (Å²) in [5.41, 5.74) is 1.81. The topological polar surface area (TPSA) is 57.5 Å². The van der Waals surface area contributed by atoms with Crippen molar-refractivity contribution in [1.82, 2.24) is 0 Å². The van der Waals surface area contributed by atoms with Crippen molar-refractivity contribution in [1.29, 1.82) is 0 Å². The van der Waals surface area contributed by atoms with E-state index >= 15 is 0 Å². The lowest BCUT2D eigenvalue weighted by Gasteiger charge is -2.17. The predicted molar refractivity (Wildman–Crippen MR) is 78.8 cm³/mol. The Morgan fingerprint density at radius 1 is 1.40 bits per heavy atom. The molecule has 1 fully saturated rings. The maximum atomic E-state index is 11.2. The van der Waals surface area contributed by atoms with E-state index in [1.54, 1.807) is 12.1 Å². The molecule has 2 rings (SSSR count). The highest BCUT2D eigenvalue weighted by atomic mass is 16.3. The zero-order valence-corrected chi connectivity index (χ0v) is 12.0. The predicted octanol–water partition coefficient (Wildman–Crippen LogP) is 3.09. The van der Waals surface area contributed by atoms with Crippen molar-refractivity contribution in [3.05, 3.63) is 41.5 Å². The number of aryl methyl sites for hydroxylation is 1. The number of ketones is 1. The minimum absolute atomic E-state index is 0.0392.